The molecule has 0 aliphatic rings. The minimum Gasteiger partial charge on any atom is -0.462 e. The molecule has 0 aliphatic heterocycles. The summed E-state index contributed by atoms with van der Waals surface area (Å²) in [5.74, 6) is -1.04. The van der Waals surface area contributed by atoms with Crippen molar-refractivity contribution in [3.63, 3.8) is 0 Å². The van der Waals surface area contributed by atoms with Gasteiger partial charge in [-0.2, -0.15) is 0 Å². The van der Waals surface area contributed by atoms with E-state index in [-0.39, 0.29) is 44.0 Å². The number of unbranched alkanes of at least 4 members (excludes halogenated alkanes) is 19. The summed E-state index contributed by atoms with van der Waals surface area (Å²) in [6.45, 7) is 6.35. The fourth-order valence-corrected chi connectivity index (χ4v) is 6.39. The van der Waals surface area contributed by atoms with Crippen LogP contribution >= 0.6 is 0 Å². The smallest absolute Gasteiger partial charge is 0.306 e. The Hall–Kier alpha value is -3.93. The summed E-state index contributed by atoms with van der Waals surface area (Å²) in [6.07, 6.45) is 66.5. The lowest BCUT2D eigenvalue weighted by molar-refractivity contribution is -0.166. The fraction of sp³-hybridized carbons (Fsp3) is 0.625. The second-order valence-corrected chi connectivity index (χ2v) is 16.1. The van der Waals surface area contributed by atoms with E-state index in [2.05, 4.69) is 118 Å². The summed E-state index contributed by atoms with van der Waals surface area (Å²) in [7, 11) is 0. The van der Waals surface area contributed by atoms with E-state index in [4.69, 9.17) is 14.2 Å². The van der Waals surface area contributed by atoms with Crippen LogP contribution in [0.25, 0.3) is 0 Å². The predicted molar refractivity (Wildman–Crippen MR) is 265 cm³/mol. The van der Waals surface area contributed by atoms with Crippen LogP contribution in [-0.2, 0) is 28.6 Å². The molecule has 0 bridgehead atoms. The SMILES string of the molecule is CC\C=C/C=C\C=C/CCCCCCCC(=O)OC(COC(=O)CC/C=C\C/C=C\CCCCCCCC)COC(=O)CCCCCCC\C=C/C=C\C=C/C=C\CCCCC. The summed E-state index contributed by atoms with van der Waals surface area (Å²) in [4.78, 5) is 37.9. The topological polar surface area (TPSA) is 78.9 Å². The van der Waals surface area contributed by atoms with Gasteiger partial charge >= 0.3 is 17.9 Å². The van der Waals surface area contributed by atoms with Gasteiger partial charge in [0.2, 0.25) is 0 Å². The number of allylic oxidation sites excluding steroid dienone is 18. The molecule has 0 aromatic carbocycles. The van der Waals surface area contributed by atoms with E-state index >= 15 is 0 Å². The number of hydrogen-bond acceptors (Lipinski definition) is 6. The van der Waals surface area contributed by atoms with Gasteiger partial charge in [0.25, 0.3) is 0 Å². The summed E-state index contributed by atoms with van der Waals surface area (Å²) in [5, 5.41) is 0. The van der Waals surface area contributed by atoms with E-state index in [1.807, 2.05) is 12.2 Å². The minimum atomic E-state index is -0.822. The number of ether oxygens (including phenoxy) is 3. The molecule has 0 N–H and O–H groups in total. The third kappa shape index (κ3) is 47.1. The molecule has 6 nitrogen and oxygen atoms in total. The highest BCUT2D eigenvalue weighted by Crippen LogP contribution is 2.12. The normalized spacial score (nSPS) is 13.0. The zero-order valence-corrected chi connectivity index (χ0v) is 39.8. The van der Waals surface area contributed by atoms with Gasteiger partial charge in [-0.3, -0.25) is 14.4 Å². The maximum atomic E-state index is 12.8. The van der Waals surface area contributed by atoms with E-state index in [9.17, 15) is 14.4 Å². The molecule has 0 saturated carbocycles. The molecule has 1 atom stereocenters. The second kappa shape index (κ2) is 49.7. The third-order valence-electron chi connectivity index (χ3n) is 10.2. The highest BCUT2D eigenvalue weighted by Gasteiger charge is 2.19. The molecule has 0 aromatic heterocycles. The molecule has 0 saturated heterocycles. The number of carbonyl (C=O) groups excluding carboxylic acids is 3. The average Bonchev–Trinajstić information content (AvgIpc) is 3.27. The number of carbonyl (C=O) groups is 3. The highest BCUT2D eigenvalue weighted by atomic mass is 16.6. The molecular weight excluding hydrogens is 769 g/mol. The Morgan fingerprint density at radius 2 is 0.726 bits per heavy atom. The van der Waals surface area contributed by atoms with Crippen molar-refractivity contribution in [3.05, 3.63) is 109 Å². The number of rotatable bonds is 43. The van der Waals surface area contributed by atoms with Crippen LogP contribution in [-0.4, -0.2) is 37.2 Å². The van der Waals surface area contributed by atoms with E-state index in [0.29, 0.717) is 12.8 Å². The van der Waals surface area contributed by atoms with Gasteiger partial charge in [-0.25, -0.2) is 0 Å². The van der Waals surface area contributed by atoms with Crippen LogP contribution < -0.4 is 0 Å². The van der Waals surface area contributed by atoms with Gasteiger partial charge in [0, 0.05) is 19.3 Å². The van der Waals surface area contributed by atoms with E-state index in [1.165, 1.54) is 57.8 Å². The molecule has 0 aromatic rings. The van der Waals surface area contributed by atoms with Gasteiger partial charge in [0.1, 0.15) is 13.2 Å². The van der Waals surface area contributed by atoms with E-state index < -0.39 is 6.10 Å². The van der Waals surface area contributed by atoms with Gasteiger partial charge < -0.3 is 14.2 Å². The van der Waals surface area contributed by atoms with E-state index in [1.54, 1.807) is 0 Å². The van der Waals surface area contributed by atoms with Crippen LogP contribution in [0.1, 0.15) is 207 Å². The molecular formula is C56H90O6. The maximum absolute atomic E-state index is 12.8. The summed E-state index contributed by atoms with van der Waals surface area (Å²) < 4.78 is 16.7. The third-order valence-corrected chi connectivity index (χ3v) is 10.2. The zero-order chi connectivity index (χ0) is 45.1. The van der Waals surface area contributed by atoms with Crippen molar-refractivity contribution in [2.75, 3.05) is 13.2 Å². The number of hydrogen-bond donors (Lipinski definition) is 0. The van der Waals surface area contributed by atoms with Crippen molar-refractivity contribution in [3.8, 4) is 0 Å². The Balaban J connectivity index is 4.53. The lowest BCUT2D eigenvalue weighted by atomic mass is 10.1. The fourth-order valence-electron chi connectivity index (χ4n) is 6.39. The molecule has 0 rings (SSSR count). The molecule has 0 amide bonds. The first-order valence-corrected chi connectivity index (χ1v) is 25.0. The minimum absolute atomic E-state index is 0.118. The molecule has 0 heterocycles. The van der Waals surface area contributed by atoms with Crippen LogP contribution in [0.2, 0.25) is 0 Å². The van der Waals surface area contributed by atoms with Crippen LogP contribution in [0, 0.1) is 0 Å². The maximum Gasteiger partial charge on any atom is 0.306 e. The van der Waals surface area contributed by atoms with Gasteiger partial charge in [0.15, 0.2) is 6.10 Å². The van der Waals surface area contributed by atoms with Gasteiger partial charge in [-0.05, 0) is 83.5 Å². The lowest BCUT2D eigenvalue weighted by Crippen LogP contribution is -2.30. The first-order chi connectivity index (χ1) is 30.5. The van der Waals surface area contributed by atoms with Gasteiger partial charge in [0.05, 0.1) is 0 Å². The Morgan fingerprint density at radius 1 is 0.355 bits per heavy atom. The monoisotopic (exact) mass is 859 g/mol. The number of esters is 3. The van der Waals surface area contributed by atoms with Crippen molar-refractivity contribution in [1.29, 1.82) is 0 Å². The average molecular weight is 859 g/mol. The standard InChI is InChI=1S/C56H90O6/c1-4-7-10-13-16-19-22-25-26-27-28-29-32-34-37-40-43-46-49-55(58)61-52-53(62-56(59)50-47-44-41-38-35-31-24-21-18-15-12-9-6-3)51-60-54(57)48-45-42-39-36-33-30-23-20-17-14-11-8-5-2/h9,12,15-16,18-19,21-22,24-30,33,39,42,53H,4-8,10-11,13-14,17,20,23,31-32,34-38,40-41,43-52H2,1-3H3/b12-9-,18-15-,19-16-,24-21-,25-22-,27-26-,29-28-,33-30-,42-39-. The lowest BCUT2D eigenvalue weighted by Gasteiger charge is -2.18. The Labute approximate surface area is 380 Å². The first-order valence-electron chi connectivity index (χ1n) is 25.0. The summed E-state index contributed by atoms with van der Waals surface area (Å²) in [6, 6.07) is 0. The van der Waals surface area contributed by atoms with Crippen molar-refractivity contribution >= 4 is 17.9 Å². The van der Waals surface area contributed by atoms with E-state index in [0.717, 1.165) is 103 Å². The Kier molecular flexibility index (Phi) is 46.6. The molecule has 1 unspecified atom stereocenters. The van der Waals surface area contributed by atoms with Crippen LogP contribution in [0.3, 0.4) is 0 Å². The van der Waals surface area contributed by atoms with Gasteiger partial charge in [-0.1, -0.05) is 214 Å². The molecule has 62 heavy (non-hydrogen) atoms. The van der Waals surface area contributed by atoms with Crippen molar-refractivity contribution in [2.24, 2.45) is 0 Å². The largest absolute Gasteiger partial charge is 0.462 e. The van der Waals surface area contributed by atoms with Crippen LogP contribution in [0.5, 0.6) is 0 Å². The molecule has 0 spiro atoms. The molecule has 0 fully saturated rings. The molecule has 0 radical (unpaired) electrons. The summed E-state index contributed by atoms with van der Waals surface area (Å²) >= 11 is 0. The summed E-state index contributed by atoms with van der Waals surface area (Å²) in [5.41, 5.74) is 0. The zero-order valence-electron chi connectivity index (χ0n) is 39.8. The molecule has 6 heteroatoms. The Bertz CT molecular complexity index is 1310. The van der Waals surface area contributed by atoms with Crippen molar-refractivity contribution in [2.45, 2.75) is 213 Å². The molecule has 350 valence electrons. The first kappa shape index (κ1) is 58.1. The van der Waals surface area contributed by atoms with Crippen LogP contribution in [0.4, 0.5) is 0 Å². The van der Waals surface area contributed by atoms with Crippen LogP contribution in [0.15, 0.2) is 109 Å². The highest BCUT2D eigenvalue weighted by molar-refractivity contribution is 5.71. The Morgan fingerprint density at radius 3 is 1.24 bits per heavy atom. The van der Waals surface area contributed by atoms with Gasteiger partial charge in [-0.15, -0.1) is 0 Å². The van der Waals surface area contributed by atoms with Crippen molar-refractivity contribution < 1.29 is 28.6 Å². The van der Waals surface area contributed by atoms with Crippen molar-refractivity contribution in [1.82, 2.24) is 0 Å². The predicted octanol–water partition coefficient (Wildman–Crippen LogP) is 16.4. The quantitative estimate of drug-likeness (QED) is 0.0200. The second-order valence-electron chi connectivity index (χ2n) is 16.1. The molecule has 0 aliphatic carbocycles.